The Balaban J connectivity index is 2.50. The molecule has 1 rings (SSSR count). The third kappa shape index (κ3) is 5.64. The third-order valence-corrected chi connectivity index (χ3v) is 4.07. The van der Waals surface area contributed by atoms with Gasteiger partial charge in [-0.15, -0.1) is 0 Å². The Bertz CT molecular complexity index is 396. The van der Waals surface area contributed by atoms with Crippen LogP contribution in [0.1, 0.15) is 22.8 Å². The maximum atomic E-state index is 11.1. The Morgan fingerprint density at radius 3 is 2.18 bits per heavy atom. The fourth-order valence-corrected chi connectivity index (χ4v) is 2.41. The molecule has 1 nitrogen and oxygen atoms in total. The van der Waals surface area contributed by atoms with Crippen molar-refractivity contribution in [3.8, 4) is 0 Å². The van der Waals surface area contributed by atoms with Gasteiger partial charge in [-0.3, -0.25) is 4.79 Å². The molecule has 1 aromatic rings. The fraction of sp³-hybridized carbons (Fsp3) is 0.400. The minimum absolute atomic E-state index is 0.130. The summed E-state index contributed by atoms with van der Waals surface area (Å²) in [6.07, 6.45) is 5.49. The van der Waals surface area contributed by atoms with Gasteiger partial charge in [-0.2, -0.15) is 0 Å². The van der Waals surface area contributed by atoms with E-state index in [0.29, 0.717) is 0 Å². The van der Waals surface area contributed by atoms with Crippen LogP contribution in [-0.4, -0.2) is 13.9 Å². The van der Waals surface area contributed by atoms with Crippen LogP contribution in [0, 0.1) is 0 Å². The van der Waals surface area contributed by atoms with E-state index in [1.165, 1.54) is 11.6 Å². The van der Waals surface area contributed by atoms with E-state index in [-0.39, 0.29) is 5.78 Å². The van der Waals surface area contributed by atoms with Gasteiger partial charge in [0.25, 0.3) is 0 Å². The maximum absolute atomic E-state index is 11.1. The highest BCUT2D eigenvalue weighted by molar-refractivity contribution is 6.76. The van der Waals surface area contributed by atoms with Crippen LogP contribution in [0.25, 0.3) is 0 Å². The highest BCUT2D eigenvalue weighted by Gasteiger charge is 2.09. The molecule has 0 bridgehead atoms. The second-order valence-corrected chi connectivity index (χ2v) is 11.2. The van der Waals surface area contributed by atoms with E-state index in [0.717, 1.165) is 12.0 Å². The lowest BCUT2D eigenvalue weighted by molar-refractivity contribution is 0.101. The normalized spacial score (nSPS) is 12.0. The average Bonchev–Trinajstić information content (AvgIpc) is 2.24. The summed E-state index contributed by atoms with van der Waals surface area (Å²) in [5.41, 5.74) is 2.06. The van der Waals surface area contributed by atoms with E-state index in [1.807, 2.05) is 24.3 Å². The Morgan fingerprint density at radius 1 is 1.12 bits per heavy atom. The number of ketones is 1. The number of Topliss-reactive ketones (excluding diaryl/α,β-unsaturated/α-hetero) is 1. The van der Waals surface area contributed by atoms with Crippen LogP contribution in [0.4, 0.5) is 0 Å². The molecule has 1 aromatic carbocycles. The maximum Gasteiger partial charge on any atom is 0.159 e. The molecule has 0 unspecified atom stereocenters. The highest BCUT2D eigenvalue weighted by Crippen LogP contribution is 2.10. The average molecular weight is 246 g/mol. The first kappa shape index (κ1) is 13.9. The van der Waals surface area contributed by atoms with Gasteiger partial charge in [-0.05, 0) is 25.0 Å². The minimum Gasteiger partial charge on any atom is -0.295 e. The van der Waals surface area contributed by atoms with Crippen LogP contribution in [-0.2, 0) is 6.42 Å². The third-order valence-electron chi connectivity index (χ3n) is 2.61. The first-order valence-electron chi connectivity index (χ1n) is 6.13. The Labute approximate surface area is 106 Å². The summed E-state index contributed by atoms with van der Waals surface area (Å²) in [4.78, 5) is 11.1. The van der Waals surface area contributed by atoms with Crippen molar-refractivity contribution in [3.63, 3.8) is 0 Å². The van der Waals surface area contributed by atoms with Crippen LogP contribution in [0.15, 0.2) is 36.4 Å². The molecule has 0 aliphatic heterocycles. The molecule has 0 aliphatic carbocycles. The van der Waals surface area contributed by atoms with Crippen molar-refractivity contribution in [2.75, 3.05) is 0 Å². The molecule has 2 heteroatoms. The molecule has 0 atom stereocenters. The number of hydrogen-bond donors (Lipinski definition) is 0. The van der Waals surface area contributed by atoms with E-state index in [1.54, 1.807) is 6.92 Å². The van der Waals surface area contributed by atoms with Gasteiger partial charge in [-0.25, -0.2) is 0 Å². The molecule has 0 heterocycles. The molecule has 0 aromatic heterocycles. The summed E-state index contributed by atoms with van der Waals surface area (Å²) in [6, 6.07) is 9.12. The lowest BCUT2D eigenvalue weighted by Gasteiger charge is -2.11. The molecule has 0 saturated heterocycles. The Morgan fingerprint density at radius 2 is 1.71 bits per heavy atom. The number of benzene rings is 1. The summed E-state index contributed by atoms with van der Waals surface area (Å²) in [7, 11) is -0.951. The van der Waals surface area contributed by atoms with E-state index in [9.17, 15) is 4.79 Å². The standard InChI is InChI=1S/C15H22OSi/c1-13(16)15-10-8-14(9-11-15)7-5-6-12-17(2,3)4/h5-6,8-11H,7,12H2,1-4H3/b6-5+. The Hall–Kier alpha value is -1.15. The molecule has 92 valence electrons. The van der Waals surface area contributed by atoms with Gasteiger partial charge in [0.1, 0.15) is 0 Å². The van der Waals surface area contributed by atoms with Crippen LogP contribution >= 0.6 is 0 Å². The van der Waals surface area contributed by atoms with Crippen LogP contribution in [0.3, 0.4) is 0 Å². The number of carbonyl (C=O) groups excluding carboxylic acids is 1. The van der Waals surface area contributed by atoms with E-state index < -0.39 is 8.07 Å². The number of rotatable bonds is 5. The zero-order valence-electron chi connectivity index (χ0n) is 11.3. The van der Waals surface area contributed by atoms with Crippen molar-refractivity contribution in [2.24, 2.45) is 0 Å². The quantitative estimate of drug-likeness (QED) is 0.429. The SMILES string of the molecule is CC(=O)c1ccc(C/C=C/C[Si](C)(C)C)cc1. The summed E-state index contributed by atoms with van der Waals surface area (Å²) in [6.45, 7) is 8.72. The summed E-state index contributed by atoms with van der Waals surface area (Å²) in [5, 5.41) is 0. The van der Waals surface area contributed by atoms with Gasteiger partial charge in [0.05, 0.1) is 0 Å². The topological polar surface area (TPSA) is 17.1 Å². The lowest BCUT2D eigenvalue weighted by Crippen LogP contribution is -2.17. The van der Waals surface area contributed by atoms with Crippen LogP contribution in [0.5, 0.6) is 0 Å². The van der Waals surface area contributed by atoms with Crippen molar-refractivity contribution < 1.29 is 4.79 Å². The van der Waals surface area contributed by atoms with Gasteiger partial charge < -0.3 is 0 Å². The molecule has 0 N–H and O–H groups in total. The predicted octanol–water partition coefficient (Wildman–Crippen LogP) is 4.33. The minimum atomic E-state index is -0.951. The second-order valence-electron chi connectivity index (χ2n) is 5.69. The molecule has 0 fully saturated rings. The summed E-state index contributed by atoms with van der Waals surface area (Å²) < 4.78 is 0. The van der Waals surface area contributed by atoms with Gasteiger partial charge in [0, 0.05) is 13.6 Å². The molecule has 0 amide bonds. The van der Waals surface area contributed by atoms with Crippen molar-refractivity contribution >= 4 is 13.9 Å². The van der Waals surface area contributed by atoms with E-state index in [2.05, 4.69) is 31.8 Å². The molecule has 17 heavy (non-hydrogen) atoms. The van der Waals surface area contributed by atoms with Crippen molar-refractivity contribution in [1.29, 1.82) is 0 Å². The summed E-state index contributed by atoms with van der Waals surface area (Å²) in [5.74, 6) is 0.130. The van der Waals surface area contributed by atoms with E-state index >= 15 is 0 Å². The second kappa shape index (κ2) is 5.96. The highest BCUT2D eigenvalue weighted by atomic mass is 28.3. The zero-order valence-corrected chi connectivity index (χ0v) is 12.3. The molecule has 0 radical (unpaired) electrons. The van der Waals surface area contributed by atoms with Crippen molar-refractivity contribution in [3.05, 3.63) is 47.5 Å². The van der Waals surface area contributed by atoms with Gasteiger partial charge in [-0.1, -0.05) is 56.1 Å². The van der Waals surface area contributed by atoms with Gasteiger partial charge in [0.2, 0.25) is 0 Å². The number of hydrogen-bond acceptors (Lipinski definition) is 1. The van der Waals surface area contributed by atoms with Gasteiger partial charge in [0.15, 0.2) is 5.78 Å². The predicted molar refractivity (Wildman–Crippen MR) is 77.4 cm³/mol. The first-order valence-corrected chi connectivity index (χ1v) is 9.84. The molecule has 0 aliphatic rings. The van der Waals surface area contributed by atoms with Crippen LogP contribution < -0.4 is 0 Å². The number of allylic oxidation sites excluding steroid dienone is 2. The number of carbonyl (C=O) groups is 1. The molecular formula is C15H22OSi. The molecule has 0 saturated carbocycles. The monoisotopic (exact) mass is 246 g/mol. The lowest BCUT2D eigenvalue weighted by atomic mass is 10.1. The van der Waals surface area contributed by atoms with Crippen molar-refractivity contribution in [1.82, 2.24) is 0 Å². The first-order chi connectivity index (χ1) is 7.88. The van der Waals surface area contributed by atoms with Crippen LogP contribution in [0.2, 0.25) is 25.7 Å². The Kier molecular flexibility index (Phi) is 4.88. The fourth-order valence-electron chi connectivity index (χ4n) is 1.53. The smallest absolute Gasteiger partial charge is 0.159 e. The molecular weight excluding hydrogens is 224 g/mol. The largest absolute Gasteiger partial charge is 0.295 e. The van der Waals surface area contributed by atoms with Gasteiger partial charge >= 0.3 is 0 Å². The zero-order chi connectivity index (χ0) is 12.9. The van der Waals surface area contributed by atoms with Crippen molar-refractivity contribution in [2.45, 2.75) is 39.0 Å². The molecule has 0 spiro atoms. The summed E-state index contributed by atoms with van der Waals surface area (Å²) >= 11 is 0. The van der Waals surface area contributed by atoms with E-state index in [4.69, 9.17) is 0 Å².